The number of rotatable bonds is 2. The third kappa shape index (κ3) is 2.35. The Hall–Kier alpha value is -2.68. The zero-order valence-corrected chi connectivity index (χ0v) is 9.65. The van der Waals surface area contributed by atoms with E-state index < -0.39 is 5.56 Å². The standard InChI is InChI=1S/C12H10N4O2/c1-7-2-8(4-11(17)16-7)3-10-9(5-13)12(18)15-6-14-10/h2,4,6H,3H2,1H3,(H,16,17)(H,14,15,18). The average Bonchev–Trinajstić information content (AvgIpc) is 2.27. The summed E-state index contributed by atoms with van der Waals surface area (Å²) >= 11 is 0. The SMILES string of the molecule is Cc1cc(Cc2nc[nH]c(=O)c2C#N)cc(=O)[nH]1. The van der Waals surface area contributed by atoms with Gasteiger partial charge in [-0.1, -0.05) is 0 Å². The van der Waals surface area contributed by atoms with Crippen molar-refractivity contribution in [3.05, 3.63) is 61.7 Å². The zero-order valence-electron chi connectivity index (χ0n) is 9.65. The molecule has 6 heteroatoms. The molecule has 2 heterocycles. The van der Waals surface area contributed by atoms with Gasteiger partial charge in [0.05, 0.1) is 12.0 Å². The summed E-state index contributed by atoms with van der Waals surface area (Å²) in [6.07, 6.45) is 1.52. The molecule has 0 aliphatic rings. The van der Waals surface area contributed by atoms with Gasteiger partial charge in [0, 0.05) is 18.2 Å². The first-order chi connectivity index (χ1) is 8.60. The van der Waals surface area contributed by atoms with Gasteiger partial charge in [0.25, 0.3) is 5.56 Å². The van der Waals surface area contributed by atoms with E-state index in [4.69, 9.17) is 5.26 Å². The summed E-state index contributed by atoms with van der Waals surface area (Å²) in [6, 6.07) is 5.03. The van der Waals surface area contributed by atoms with Crippen molar-refractivity contribution < 1.29 is 0 Å². The Bertz CT molecular complexity index is 737. The van der Waals surface area contributed by atoms with E-state index in [2.05, 4.69) is 15.0 Å². The van der Waals surface area contributed by atoms with E-state index in [1.54, 1.807) is 13.0 Å². The molecule has 0 bridgehead atoms. The first-order valence-corrected chi connectivity index (χ1v) is 5.26. The second-order valence-electron chi connectivity index (χ2n) is 3.88. The van der Waals surface area contributed by atoms with E-state index in [1.165, 1.54) is 12.4 Å². The van der Waals surface area contributed by atoms with Crippen LogP contribution < -0.4 is 11.1 Å². The fourth-order valence-electron chi connectivity index (χ4n) is 1.74. The lowest BCUT2D eigenvalue weighted by Gasteiger charge is -2.03. The summed E-state index contributed by atoms with van der Waals surface area (Å²) in [6.45, 7) is 1.77. The second-order valence-corrected chi connectivity index (χ2v) is 3.88. The number of aromatic nitrogens is 3. The molecule has 6 nitrogen and oxygen atoms in total. The third-order valence-electron chi connectivity index (χ3n) is 2.45. The van der Waals surface area contributed by atoms with E-state index in [0.29, 0.717) is 11.3 Å². The van der Waals surface area contributed by atoms with Gasteiger partial charge in [0.2, 0.25) is 5.56 Å². The zero-order chi connectivity index (χ0) is 13.1. The lowest BCUT2D eigenvalue weighted by Crippen LogP contribution is -2.15. The molecule has 0 fully saturated rings. The maximum absolute atomic E-state index is 11.4. The number of H-pyrrole nitrogens is 2. The van der Waals surface area contributed by atoms with Crippen LogP contribution in [0.1, 0.15) is 22.5 Å². The largest absolute Gasteiger partial charge is 0.327 e. The molecule has 0 aliphatic heterocycles. The molecule has 0 aromatic carbocycles. The Morgan fingerprint density at radius 2 is 2.17 bits per heavy atom. The lowest BCUT2D eigenvalue weighted by atomic mass is 10.1. The number of aryl methyl sites for hydroxylation is 1. The summed E-state index contributed by atoms with van der Waals surface area (Å²) in [5.41, 5.74) is 1.10. The summed E-state index contributed by atoms with van der Waals surface area (Å²) < 4.78 is 0. The third-order valence-corrected chi connectivity index (χ3v) is 2.45. The van der Waals surface area contributed by atoms with Crippen LogP contribution in [0, 0.1) is 18.3 Å². The van der Waals surface area contributed by atoms with Gasteiger partial charge in [-0.05, 0) is 18.6 Å². The van der Waals surface area contributed by atoms with Gasteiger partial charge in [-0.25, -0.2) is 4.98 Å². The van der Waals surface area contributed by atoms with E-state index in [9.17, 15) is 9.59 Å². The van der Waals surface area contributed by atoms with Gasteiger partial charge in [0.15, 0.2) is 0 Å². The minimum absolute atomic E-state index is 0.0181. The van der Waals surface area contributed by atoms with E-state index in [1.807, 2.05) is 6.07 Å². The van der Waals surface area contributed by atoms with Gasteiger partial charge in [-0.15, -0.1) is 0 Å². The summed E-state index contributed by atoms with van der Waals surface area (Å²) in [7, 11) is 0. The van der Waals surface area contributed by atoms with Crippen molar-refractivity contribution in [2.75, 3.05) is 0 Å². The molecule has 2 rings (SSSR count). The van der Waals surface area contributed by atoms with Crippen LogP contribution in [-0.2, 0) is 6.42 Å². The van der Waals surface area contributed by atoms with Crippen molar-refractivity contribution in [2.24, 2.45) is 0 Å². The van der Waals surface area contributed by atoms with Crippen LogP contribution in [0.25, 0.3) is 0 Å². The first-order valence-electron chi connectivity index (χ1n) is 5.26. The van der Waals surface area contributed by atoms with Gasteiger partial charge in [-0.3, -0.25) is 9.59 Å². The van der Waals surface area contributed by atoms with Crippen molar-refractivity contribution in [2.45, 2.75) is 13.3 Å². The topological polar surface area (TPSA) is 102 Å². The Kier molecular flexibility index (Phi) is 3.06. The van der Waals surface area contributed by atoms with Crippen molar-refractivity contribution >= 4 is 0 Å². The van der Waals surface area contributed by atoms with Crippen molar-refractivity contribution in [1.29, 1.82) is 5.26 Å². The van der Waals surface area contributed by atoms with Crippen LogP contribution in [0.4, 0.5) is 0 Å². The highest BCUT2D eigenvalue weighted by molar-refractivity contribution is 5.34. The molecule has 0 saturated carbocycles. The monoisotopic (exact) mass is 242 g/mol. The maximum Gasteiger partial charge on any atom is 0.268 e. The summed E-state index contributed by atoms with van der Waals surface area (Å²) in [5.74, 6) is 0. The number of nitrogens with zero attached hydrogens (tertiary/aromatic N) is 2. The van der Waals surface area contributed by atoms with Crippen molar-refractivity contribution in [1.82, 2.24) is 15.0 Å². The molecular formula is C12H10N4O2. The molecule has 2 N–H and O–H groups in total. The molecule has 2 aromatic heterocycles. The van der Waals surface area contributed by atoms with Crippen LogP contribution in [-0.4, -0.2) is 15.0 Å². The Labute approximate surface area is 102 Å². The molecule has 0 saturated heterocycles. The Balaban J connectivity index is 2.47. The molecule has 0 unspecified atom stereocenters. The summed E-state index contributed by atoms with van der Waals surface area (Å²) in [5, 5.41) is 8.91. The first kappa shape index (κ1) is 11.8. The van der Waals surface area contributed by atoms with E-state index in [-0.39, 0.29) is 17.5 Å². The molecular weight excluding hydrogens is 232 g/mol. The van der Waals surface area contributed by atoms with Crippen molar-refractivity contribution in [3.8, 4) is 6.07 Å². The normalized spacial score (nSPS) is 10.0. The molecule has 2 aromatic rings. The molecule has 0 amide bonds. The van der Waals surface area contributed by atoms with E-state index >= 15 is 0 Å². The predicted octanol–water partition coefficient (Wildman–Crippen LogP) is 0.229. The molecule has 0 aliphatic carbocycles. The Morgan fingerprint density at radius 1 is 1.39 bits per heavy atom. The number of aromatic amines is 2. The average molecular weight is 242 g/mol. The Morgan fingerprint density at radius 3 is 2.83 bits per heavy atom. The number of pyridine rings is 1. The minimum atomic E-state index is -0.468. The molecule has 90 valence electrons. The maximum atomic E-state index is 11.4. The number of hydrogen-bond acceptors (Lipinski definition) is 4. The summed E-state index contributed by atoms with van der Waals surface area (Å²) in [4.78, 5) is 31.7. The van der Waals surface area contributed by atoms with Crippen LogP contribution in [0.5, 0.6) is 0 Å². The lowest BCUT2D eigenvalue weighted by molar-refractivity contribution is 0.978. The number of hydrogen-bond donors (Lipinski definition) is 2. The molecule has 0 spiro atoms. The van der Waals surface area contributed by atoms with Gasteiger partial charge in [0.1, 0.15) is 11.6 Å². The quantitative estimate of drug-likeness (QED) is 0.786. The minimum Gasteiger partial charge on any atom is -0.327 e. The highest BCUT2D eigenvalue weighted by atomic mass is 16.1. The fourth-order valence-corrected chi connectivity index (χ4v) is 1.74. The van der Waals surface area contributed by atoms with Crippen LogP contribution >= 0.6 is 0 Å². The van der Waals surface area contributed by atoms with Crippen LogP contribution in [0.15, 0.2) is 28.0 Å². The van der Waals surface area contributed by atoms with Crippen LogP contribution in [0.3, 0.4) is 0 Å². The molecule has 0 radical (unpaired) electrons. The van der Waals surface area contributed by atoms with Crippen molar-refractivity contribution in [3.63, 3.8) is 0 Å². The molecule has 0 atom stereocenters. The second kappa shape index (κ2) is 4.67. The predicted molar refractivity (Wildman–Crippen MR) is 64.2 cm³/mol. The smallest absolute Gasteiger partial charge is 0.268 e. The highest BCUT2D eigenvalue weighted by Crippen LogP contribution is 2.07. The van der Waals surface area contributed by atoms with Gasteiger partial charge in [-0.2, -0.15) is 5.26 Å². The highest BCUT2D eigenvalue weighted by Gasteiger charge is 2.09. The van der Waals surface area contributed by atoms with Crippen LogP contribution in [0.2, 0.25) is 0 Å². The molecule has 18 heavy (non-hydrogen) atoms. The van der Waals surface area contributed by atoms with Gasteiger partial charge >= 0.3 is 0 Å². The number of nitrogens with one attached hydrogen (secondary N) is 2. The fraction of sp³-hybridized carbons (Fsp3) is 0.167. The van der Waals surface area contributed by atoms with Gasteiger partial charge < -0.3 is 9.97 Å². The number of nitriles is 1. The van der Waals surface area contributed by atoms with E-state index in [0.717, 1.165) is 5.69 Å².